The third kappa shape index (κ3) is 3.42. The van der Waals surface area contributed by atoms with Gasteiger partial charge in [0, 0.05) is 5.56 Å². The summed E-state index contributed by atoms with van der Waals surface area (Å²) in [6, 6.07) is 7.90. The van der Waals surface area contributed by atoms with Crippen molar-refractivity contribution < 1.29 is 9.53 Å². The molecule has 1 aromatic rings. The third-order valence-electron chi connectivity index (χ3n) is 3.65. The molecule has 18 heavy (non-hydrogen) atoms. The molecule has 0 N–H and O–H groups in total. The highest BCUT2D eigenvalue weighted by Gasteiger charge is 2.17. The number of carbonyl (C=O) groups excluding carboxylic acids is 1. The van der Waals surface area contributed by atoms with E-state index in [0.29, 0.717) is 12.0 Å². The predicted molar refractivity (Wildman–Crippen MR) is 73.1 cm³/mol. The summed E-state index contributed by atoms with van der Waals surface area (Å²) in [5.74, 6) is 0.598. The molecule has 0 heterocycles. The Balaban J connectivity index is 1.87. The summed E-state index contributed by atoms with van der Waals surface area (Å²) in [6.07, 6.45) is 5.01. The molecule has 0 saturated heterocycles. The molecule has 2 heteroatoms. The maximum Gasteiger partial charge on any atom is 0.188 e. The summed E-state index contributed by atoms with van der Waals surface area (Å²) in [5, 5.41) is 0. The van der Waals surface area contributed by atoms with Crippen LogP contribution in [0.5, 0.6) is 0 Å². The summed E-state index contributed by atoms with van der Waals surface area (Å²) in [4.78, 5) is 12.0. The van der Waals surface area contributed by atoms with Crippen LogP contribution in [0.25, 0.3) is 0 Å². The first kappa shape index (κ1) is 13.3. The highest BCUT2D eigenvalue weighted by Crippen LogP contribution is 2.21. The normalized spacial score (nSPS) is 16.4. The van der Waals surface area contributed by atoms with Crippen molar-refractivity contribution in [1.29, 1.82) is 0 Å². The van der Waals surface area contributed by atoms with Gasteiger partial charge in [0.2, 0.25) is 0 Å². The number of ketones is 1. The maximum atomic E-state index is 12.0. The lowest BCUT2D eigenvalue weighted by atomic mass is 10.0. The number of rotatable bonds is 5. The first-order chi connectivity index (χ1) is 8.66. The van der Waals surface area contributed by atoms with Crippen LogP contribution in [0.15, 0.2) is 24.3 Å². The van der Waals surface area contributed by atoms with Crippen LogP contribution in [0.2, 0.25) is 0 Å². The Labute approximate surface area is 109 Å². The zero-order chi connectivity index (χ0) is 13.0. The van der Waals surface area contributed by atoms with Gasteiger partial charge >= 0.3 is 0 Å². The fourth-order valence-electron chi connectivity index (χ4n) is 2.39. The minimum Gasteiger partial charge on any atom is -0.370 e. The second-order valence-electron chi connectivity index (χ2n) is 5.42. The zero-order valence-electron chi connectivity index (χ0n) is 11.3. The Morgan fingerprint density at radius 3 is 2.39 bits per heavy atom. The summed E-state index contributed by atoms with van der Waals surface area (Å²) < 4.78 is 5.65. The molecular weight excluding hydrogens is 224 g/mol. The van der Waals surface area contributed by atoms with Gasteiger partial charge in [-0.3, -0.25) is 4.79 Å². The molecule has 0 unspecified atom stereocenters. The maximum absolute atomic E-state index is 12.0. The van der Waals surface area contributed by atoms with Crippen LogP contribution in [0.1, 0.15) is 61.4 Å². The third-order valence-corrected chi connectivity index (χ3v) is 3.65. The van der Waals surface area contributed by atoms with Gasteiger partial charge in [-0.25, -0.2) is 0 Å². The zero-order valence-corrected chi connectivity index (χ0v) is 11.3. The molecule has 1 aliphatic rings. The van der Waals surface area contributed by atoms with E-state index in [1.807, 2.05) is 24.3 Å². The van der Waals surface area contributed by atoms with Gasteiger partial charge in [0.05, 0.1) is 6.10 Å². The van der Waals surface area contributed by atoms with Gasteiger partial charge in [-0.05, 0) is 24.3 Å². The van der Waals surface area contributed by atoms with Crippen LogP contribution >= 0.6 is 0 Å². The molecule has 0 amide bonds. The van der Waals surface area contributed by atoms with Gasteiger partial charge < -0.3 is 4.74 Å². The van der Waals surface area contributed by atoms with E-state index in [1.54, 1.807) is 0 Å². The number of Topliss-reactive ketones (excluding diaryl/α,β-unsaturated/α-hetero) is 1. The molecule has 1 aromatic carbocycles. The van der Waals surface area contributed by atoms with Crippen molar-refractivity contribution in [2.24, 2.45) is 0 Å². The Morgan fingerprint density at radius 2 is 1.83 bits per heavy atom. The molecule has 98 valence electrons. The molecule has 0 bridgehead atoms. The van der Waals surface area contributed by atoms with Crippen LogP contribution < -0.4 is 0 Å². The van der Waals surface area contributed by atoms with E-state index in [1.165, 1.54) is 18.4 Å². The standard InChI is InChI=1S/C16H22O2/c1-12(2)13-7-9-14(10-8-13)16(17)11-18-15-5-3-4-6-15/h7-10,12,15H,3-6,11H2,1-2H3. The quantitative estimate of drug-likeness (QED) is 0.735. The van der Waals surface area contributed by atoms with Gasteiger partial charge in [-0.15, -0.1) is 0 Å². The Kier molecular flexibility index (Phi) is 4.54. The van der Waals surface area contributed by atoms with E-state index in [9.17, 15) is 4.79 Å². The van der Waals surface area contributed by atoms with Crippen molar-refractivity contribution in [3.8, 4) is 0 Å². The van der Waals surface area contributed by atoms with E-state index >= 15 is 0 Å². The lowest BCUT2D eigenvalue weighted by Crippen LogP contribution is -2.15. The van der Waals surface area contributed by atoms with Crippen LogP contribution in [0, 0.1) is 0 Å². The molecule has 2 rings (SSSR count). The highest BCUT2D eigenvalue weighted by atomic mass is 16.5. The smallest absolute Gasteiger partial charge is 0.188 e. The molecule has 1 fully saturated rings. The number of ether oxygens (including phenoxy) is 1. The average Bonchev–Trinajstić information content (AvgIpc) is 2.89. The number of hydrogen-bond donors (Lipinski definition) is 0. The molecule has 0 radical (unpaired) electrons. The molecule has 1 aliphatic carbocycles. The van der Waals surface area contributed by atoms with Gasteiger partial charge in [0.1, 0.15) is 6.61 Å². The fourth-order valence-corrected chi connectivity index (χ4v) is 2.39. The summed E-state index contributed by atoms with van der Waals surface area (Å²) in [6.45, 7) is 4.53. The van der Waals surface area contributed by atoms with Crippen molar-refractivity contribution in [3.63, 3.8) is 0 Å². The lowest BCUT2D eigenvalue weighted by molar-refractivity contribution is 0.0482. The van der Waals surface area contributed by atoms with Crippen molar-refractivity contribution >= 4 is 5.78 Å². The number of carbonyl (C=O) groups is 1. The van der Waals surface area contributed by atoms with Gasteiger partial charge in [-0.2, -0.15) is 0 Å². The largest absolute Gasteiger partial charge is 0.370 e. The Morgan fingerprint density at radius 1 is 1.22 bits per heavy atom. The van der Waals surface area contributed by atoms with Crippen molar-refractivity contribution in [3.05, 3.63) is 35.4 Å². The molecular formula is C16H22O2. The first-order valence-electron chi connectivity index (χ1n) is 6.91. The number of benzene rings is 1. The number of hydrogen-bond acceptors (Lipinski definition) is 2. The molecule has 0 atom stereocenters. The minimum atomic E-state index is 0.0946. The molecule has 1 saturated carbocycles. The lowest BCUT2D eigenvalue weighted by Gasteiger charge is -2.10. The van der Waals surface area contributed by atoms with Gasteiger partial charge in [0.25, 0.3) is 0 Å². The fraction of sp³-hybridized carbons (Fsp3) is 0.562. The second-order valence-corrected chi connectivity index (χ2v) is 5.42. The highest BCUT2D eigenvalue weighted by molar-refractivity contribution is 5.97. The van der Waals surface area contributed by atoms with Crippen LogP contribution in [-0.2, 0) is 4.74 Å². The molecule has 0 aromatic heterocycles. The van der Waals surface area contributed by atoms with Crippen LogP contribution in [-0.4, -0.2) is 18.5 Å². The topological polar surface area (TPSA) is 26.3 Å². The van der Waals surface area contributed by atoms with Crippen molar-refractivity contribution in [2.45, 2.75) is 51.6 Å². The summed E-state index contributed by atoms with van der Waals surface area (Å²) >= 11 is 0. The van der Waals surface area contributed by atoms with E-state index in [0.717, 1.165) is 18.4 Å². The van der Waals surface area contributed by atoms with E-state index in [2.05, 4.69) is 13.8 Å². The van der Waals surface area contributed by atoms with E-state index in [-0.39, 0.29) is 12.4 Å². The monoisotopic (exact) mass is 246 g/mol. The molecule has 2 nitrogen and oxygen atoms in total. The van der Waals surface area contributed by atoms with Crippen LogP contribution in [0.4, 0.5) is 0 Å². The van der Waals surface area contributed by atoms with Gasteiger partial charge in [-0.1, -0.05) is 51.0 Å². The first-order valence-corrected chi connectivity index (χ1v) is 6.91. The van der Waals surface area contributed by atoms with E-state index < -0.39 is 0 Å². The Hall–Kier alpha value is -1.15. The van der Waals surface area contributed by atoms with E-state index in [4.69, 9.17) is 4.74 Å². The van der Waals surface area contributed by atoms with Gasteiger partial charge in [0.15, 0.2) is 5.78 Å². The summed E-state index contributed by atoms with van der Waals surface area (Å²) in [5.41, 5.74) is 2.03. The molecule has 0 aliphatic heterocycles. The second kappa shape index (κ2) is 6.14. The SMILES string of the molecule is CC(C)c1ccc(C(=O)COC2CCCC2)cc1. The summed E-state index contributed by atoms with van der Waals surface area (Å²) in [7, 11) is 0. The molecule has 0 spiro atoms. The average molecular weight is 246 g/mol. The predicted octanol–water partition coefficient (Wildman–Crippen LogP) is 3.95. The Bertz CT molecular complexity index is 386. The van der Waals surface area contributed by atoms with Crippen molar-refractivity contribution in [2.75, 3.05) is 6.61 Å². The minimum absolute atomic E-state index is 0.0946. The van der Waals surface area contributed by atoms with Crippen molar-refractivity contribution in [1.82, 2.24) is 0 Å². The van der Waals surface area contributed by atoms with Crippen LogP contribution in [0.3, 0.4) is 0 Å².